The summed E-state index contributed by atoms with van der Waals surface area (Å²) in [5.41, 5.74) is 0. The van der Waals surface area contributed by atoms with E-state index in [1.807, 2.05) is 0 Å². The van der Waals surface area contributed by atoms with Crippen LogP contribution in [0.4, 0.5) is 0 Å². The molecule has 4 unspecified atom stereocenters. The summed E-state index contributed by atoms with van der Waals surface area (Å²) >= 11 is 2.18. The molecule has 4 atom stereocenters. The molecule has 2 fully saturated rings. The number of hydrogen-bond donors (Lipinski definition) is 1. The van der Waals surface area contributed by atoms with Gasteiger partial charge in [-0.2, -0.15) is 0 Å². The molecule has 2 rings (SSSR count). The smallest absolute Gasteiger partial charge is 0.0678 e. The van der Waals surface area contributed by atoms with Gasteiger partial charge in [-0.15, -0.1) is 11.8 Å². The Kier molecular flexibility index (Phi) is 2.16. The highest BCUT2D eigenvalue weighted by molar-refractivity contribution is 8.01. The van der Waals surface area contributed by atoms with Crippen LogP contribution in [0.1, 0.15) is 33.6 Å². The highest BCUT2D eigenvalue weighted by Crippen LogP contribution is 2.53. The summed E-state index contributed by atoms with van der Waals surface area (Å²) < 4.78 is 0. The van der Waals surface area contributed by atoms with E-state index < -0.39 is 0 Å². The predicted molar refractivity (Wildman–Crippen MR) is 55.3 cm³/mol. The molecule has 1 spiro atoms. The predicted octanol–water partition coefficient (Wildman–Crippen LogP) is 2.47. The van der Waals surface area contributed by atoms with Gasteiger partial charge in [0.1, 0.15) is 0 Å². The fourth-order valence-electron chi connectivity index (χ4n) is 2.48. The van der Waals surface area contributed by atoms with Crippen molar-refractivity contribution in [3.8, 4) is 0 Å². The first-order valence-corrected chi connectivity index (χ1v) is 5.95. The molecule has 0 amide bonds. The largest absolute Gasteiger partial charge is 0.303 e. The molecular formula is C10H19NS. The maximum Gasteiger partial charge on any atom is 0.0678 e. The van der Waals surface area contributed by atoms with E-state index in [9.17, 15) is 0 Å². The monoisotopic (exact) mass is 185 g/mol. The van der Waals surface area contributed by atoms with Crippen molar-refractivity contribution in [3.63, 3.8) is 0 Å². The molecule has 2 heteroatoms. The highest BCUT2D eigenvalue weighted by atomic mass is 32.2. The van der Waals surface area contributed by atoms with E-state index in [0.717, 1.165) is 17.1 Å². The van der Waals surface area contributed by atoms with E-state index in [0.29, 0.717) is 4.87 Å². The Morgan fingerprint density at radius 3 is 2.58 bits per heavy atom. The van der Waals surface area contributed by atoms with Crippen LogP contribution >= 0.6 is 11.8 Å². The van der Waals surface area contributed by atoms with Crippen LogP contribution in [0.2, 0.25) is 0 Å². The van der Waals surface area contributed by atoms with Gasteiger partial charge in [-0.1, -0.05) is 20.8 Å². The number of thioether (sulfide) groups is 1. The summed E-state index contributed by atoms with van der Waals surface area (Å²) in [5, 5.41) is 4.57. The van der Waals surface area contributed by atoms with E-state index in [1.165, 1.54) is 19.4 Å². The van der Waals surface area contributed by atoms with E-state index >= 15 is 0 Å². The summed E-state index contributed by atoms with van der Waals surface area (Å²) in [6, 6.07) is 0. The van der Waals surface area contributed by atoms with Gasteiger partial charge in [0.05, 0.1) is 4.87 Å². The molecule has 0 radical (unpaired) electrons. The molecule has 70 valence electrons. The van der Waals surface area contributed by atoms with E-state index in [4.69, 9.17) is 0 Å². The highest BCUT2D eigenvalue weighted by Gasteiger charge is 2.51. The molecule has 0 aromatic carbocycles. The molecule has 1 aliphatic carbocycles. The zero-order valence-corrected chi connectivity index (χ0v) is 9.08. The van der Waals surface area contributed by atoms with Gasteiger partial charge in [-0.25, -0.2) is 0 Å². The lowest BCUT2D eigenvalue weighted by atomic mass is 9.70. The van der Waals surface area contributed by atoms with Gasteiger partial charge in [0, 0.05) is 5.25 Å². The van der Waals surface area contributed by atoms with Gasteiger partial charge in [0.15, 0.2) is 0 Å². The third-order valence-electron chi connectivity index (χ3n) is 3.60. The van der Waals surface area contributed by atoms with Crippen molar-refractivity contribution in [3.05, 3.63) is 0 Å². The molecule has 1 heterocycles. The van der Waals surface area contributed by atoms with Gasteiger partial charge in [0.25, 0.3) is 0 Å². The van der Waals surface area contributed by atoms with Crippen LogP contribution < -0.4 is 5.32 Å². The van der Waals surface area contributed by atoms with Gasteiger partial charge < -0.3 is 5.32 Å². The molecule has 12 heavy (non-hydrogen) atoms. The molecule has 0 bridgehead atoms. The second-order valence-electron chi connectivity index (χ2n) is 4.50. The average molecular weight is 185 g/mol. The zero-order chi connectivity index (χ0) is 8.77. The fourth-order valence-corrected chi connectivity index (χ4v) is 4.42. The summed E-state index contributed by atoms with van der Waals surface area (Å²) in [6.45, 7) is 8.36. The maximum absolute atomic E-state index is 3.71. The molecule has 1 saturated carbocycles. The SMILES string of the molecule is CC1CCNC2(CC(C)C2C)S1. The lowest BCUT2D eigenvalue weighted by molar-refractivity contribution is 0.103. The molecule has 1 N–H and O–H groups in total. The van der Waals surface area contributed by atoms with Crippen LogP contribution in [0.5, 0.6) is 0 Å². The van der Waals surface area contributed by atoms with Crippen molar-refractivity contribution >= 4 is 11.8 Å². The maximum atomic E-state index is 3.71. The Hall–Kier alpha value is 0.310. The first kappa shape index (κ1) is 8.89. The second-order valence-corrected chi connectivity index (χ2v) is 6.27. The third-order valence-corrected chi connectivity index (χ3v) is 5.34. The van der Waals surface area contributed by atoms with Gasteiger partial charge in [-0.05, 0) is 31.2 Å². The topological polar surface area (TPSA) is 12.0 Å². The van der Waals surface area contributed by atoms with E-state index in [-0.39, 0.29) is 0 Å². The minimum atomic E-state index is 0.469. The third kappa shape index (κ3) is 1.20. The lowest BCUT2D eigenvalue weighted by Gasteiger charge is -2.56. The Morgan fingerprint density at radius 2 is 2.08 bits per heavy atom. The molecule has 0 aromatic rings. The van der Waals surface area contributed by atoms with Crippen LogP contribution in [-0.2, 0) is 0 Å². The Balaban J connectivity index is 2.02. The summed E-state index contributed by atoms with van der Waals surface area (Å²) in [7, 11) is 0. The molecule has 2 aliphatic rings. The van der Waals surface area contributed by atoms with Gasteiger partial charge in [0.2, 0.25) is 0 Å². The first-order chi connectivity index (χ1) is 5.64. The van der Waals surface area contributed by atoms with Crippen molar-refractivity contribution < 1.29 is 0 Å². The normalized spacial score (nSPS) is 53.8. The first-order valence-electron chi connectivity index (χ1n) is 5.07. The number of hydrogen-bond acceptors (Lipinski definition) is 2. The van der Waals surface area contributed by atoms with Crippen LogP contribution in [0.3, 0.4) is 0 Å². The van der Waals surface area contributed by atoms with Crippen molar-refractivity contribution in [1.82, 2.24) is 5.32 Å². The molecule has 1 aliphatic heterocycles. The summed E-state index contributed by atoms with van der Waals surface area (Å²) in [6.07, 6.45) is 2.72. The quantitative estimate of drug-likeness (QED) is 0.622. The van der Waals surface area contributed by atoms with Crippen molar-refractivity contribution in [2.24, 2.45) is 11.8 Å². The second kappa shape index (κ2) is 2.91. The van der Waals surface area contributed by atoms with Crippen LogP contribution in [0, 0.1) is 11.8 Å². The minimum Gasteiger partial charge on any atom is -0.303 e. The number of nitrogens with one attached hydrogen (secondary N) is 1. The van der Waals surface area contributed by atoms with Crippen molar-refractivity contribution in [2.75, 3.05) is 6.54 Å². The fraction of sp³-hybridized carbons (Fsp3) is 1.00. The van der Waals surface area contributed by atoms with Gasteiger partial charge >= 0.3 is 0 Å². The number of rotatable bonds is 0. The molecule has 0 aromatic heterocycles. The van der Waals surface area contributed by atoms with Crippen molar-refractivity contribution in [1.29, 1.82) is 0 Å². The zero-order valence-electron chi connectivity index (χ0n) is 8.26. The van der Waals surface area contributed by atoms with Crippen LogP contribution in [0.25, 0.3) is 0 Å². The molecule has 1 saturated heterocycles. The Labute approximate surface area is 79.7 Å². The van der Waals surface area contributed by atoms with Crippen molar-refractivity contribution in [2.45, 2.75) is 43.7 Å². The van der Waals surface area contributed by atoms with E-state index in [1.54, 1.807) is 0 Å². The van der Waals surface area contributed by atoms with Crippen LogP contribution in [-0.4, -0.2) is 16.7 Å². The Bertz CT molecular complexity index is 179. The molecular weight excluding hydrogens is 166 g/mol. The van der Waals surface area contributed by atoms with Gasteiger partial charge in [-0.3, -0.25) is 0 Å². The van der Waals surface area contributed by atoms with E-state index in [2.05, 4.69) is 37.8 Å². The standard InChI is InChI=1S/C10H19NS/c1-7-6-10(9(7)3)11-5-4-8(2)12-10/h7-9,11H,4-6H2,1-3H3. The van der Waals surface area contributed by atoms with Crippen LogP contribution in [0.15, 0.2) is 0 Å². The minimum absolute atomic E-state index is 0.469. The summed E-state index contributed by atoms with van der Waals surface area (Å²) in [4.78, 5) is 0.469. The lowest BCUT2D eigenvalue weighted by Crippen LogP contribution is -2.61. The molecule has 1 nitrogen and oxygen atoms in total. The summed E-state index contributed by atoms with van der Waals surface area (Å²) in [5.74, 6) is 1.79. The Morgan fingerprint density at radius 1 is 1.33 bits per heavy atom. The average Bonchev–Trinajstić information content (AvgIpc) is 2.04.